The van der Waals surface area contributed by atoms with Gasteiger partial charge in [-0.1, -0.05) is 6.07 Å². The lowest BCUT2D eigenvalue weighted by Gasteiger charge is -2.41. The van der Waals surface area contributed by atoms with E-state index >= 15 is 0 Å². The molecule has 1 atom stereocenters. The second-order valence-electron chi connectivity index (χ2n) is 11.1. The molecule has 234 valence electrons. The minimum Gasteiger partial charge on any atom is -0.487 e. The molecular weight excluding hydrogens is 582 g/mol. The molecule has 14 heteroatoms. The van der Waals surface area contributed by atoms with Gasteiger partial charge < -0.3 is 19.7 Å². The van der Waals surface area contributed by atoms with Crippen molar-refractivity contribution < 1.29 is 18.3 Å². The van der Waals surface area contributed by atoms with Gasteiger partial charge in [-0.25, -0.2) is 23.4 Å². The molecule has 2 saturated heterocycles. The van der Waals surface area contributed by atoms with E-state index in [1.165, 1.54) is 6.33 Å². The molecule has 4 heterocycles. The highest BCUT2D eigenvalue weighted by molar-refractivity contribution is 5.68. The Kier molecular flexibility index (Phi) is 9.37. The van der Waals surface area contributed by atoms with Crippen molar-refractivity contribution in [1.29, 1.82) is 5.26 Å². The number of aromatic nitrogens is 6. The number of ether oxygens (including phenoxy) is 2. The highest BCUT2D eigenvalue weighted by atomic mass is 19.3. The van der Waals surface area contributed by atoms with Crippen molar-refractivity contribution in [3.05, 3.63) is 66.2 Å². The Hall–Kier alpha value is -4.74. The zero-order valence-corrected chi connectivity index (χ0v) is 24.9. The molecule has 0 bridgehead atoms. The number of halogens is 2. The maximum absolute atomic E-state index is 14.2. The summed E-state index contributed by atoms with van der Waals surface area (Å²) >= 11 is 0. The van der Waals surface area contributed by atoms with Crippen LogP contribution in [0.5, 0.6) is 5.75 Å². The number of anilines is 3. The molecule has 2 aromatic carbocycles. The van der Waals surface area contributed by atoms with Gasteiger partial charge in [0.1, 0.15) is 24.3 Å². The lowest BCUT2D eigenvalue weighted by Crippen LogP contribution is -2.49. The van der Waals surface area contributed by atoms with E-state index in [4.69, 9.17) is 9.47 Å². The molecule has 45 heavy (non-hydrogen) atoms. The van der Waals surface area contributed by atoms with Gasteiger partial charge >= 0.3 is 0 Å². The standard InChI is InChI=1S/C31H34F2N10O2/c1-21(19-43-20-37-39-40-43)45-29-14-22(2-3-23(29)16-34)24-17-35-31(36-18-24)38-28-5-4-26(15-27(28)30(32)33)41-8-6-25(7-9-41)42-10-12-44-13-11-42/h2-5,14-15,17-18,20-21,25,30H,6-13,19H2,1H3,(H,35,36,38)/t21-/m0/s1. The van der Waals surface area contributed by atoms with Crippen LogP contribution in [0.15, 0.2) is 55.1 Å². The molecule has 2 aliphatic heterocycles. The fourth-order valence-electron chi connectivity index (χ4n) is 5.81. The van der Waals surface area contributed by atoms with E-state index in [1.807, 2.05) is 13.0 Å². The summed E-state index contributed by atoms with van der Waals surface area (Å²) in [6.45, 7) is 7.35. The summed E-state index contributed by atoms with van der Waals surface area (Å²) in [7, 11) is 0. The number of hydrogen-bond donors (Lipinski definition) is 1. The van der Waals surface area contributed by atoms with Gasteiger partial charge in [-0.2, -0.15) is 5.26 Å². The van der Waals surface area contributed by atoms with E-state index in [1.54, 1.807) is 47.4 Å². The van der Waals surface area contributed by atoms with E-state index in [-0.39, 0.29) is 23.3 Å². The van der Waals surface area contributed by atoms with Crippen LogP contribution in [0.1, 0.15) is 37.3 Å². The van der Waals surface area contributed by atoms with Crippen LogP contribution in [0.4, 0.5) is 26.1 Å². The number of benzene rings is 2. The van der Waals surface area contributed by atoms with Crippen LogP contribution < -0.4 is 15.0 Å². The average Bonchev–Trinajstić information content (AvgIpc) is 3.58. The Morgan fingerprint density at radius 3 is 2.51 bits per heavy atom. The zero-order valence-electron chi connectivity index (χ0n) is 24.9. The van der Waals surface area contributed by atoms with E-state index in [0.717, 1.165) is 63.5 Å². The van der Waals surface area contributed by atoms with Gasteiger partial charge in [0.2, 0.25) is 5.95 Å². The van der Waals surface area contributed by atoms with E-state index in [2.05, 4.69) is 46.7 Å². The summed E-state index contributed by atoms with van der Waals surface area (Å²) in [5.41, 5.74) is 2.74. The highest BCUT2D eigenvalue weighted by Gasteiger charge is 2.27. The Balaban J connectivity index is 1.12. The van der Waals surface area contributed by atoms with Crippen molar-refractivity contribution in [1.82, 2.24) is 35.1 Å². The summed E-state index contributed by atoms with van der Waals surface area (Å²) in [4.78, 5) is 13.4. The molecular formula is C31H34F2N10O2. The fraction of sp³-hybridized carbons (Fsp3) is 0.419. The van der Waals surface area contributed by atoms with Crippen molar-refractivity contribution in [2.75, 3.05) is 49.6 Å². The smallest absolute Gasteiger partial charge is 0.265 e. The molecule has 0 radical (unpaired) electrons. The molecule has 0 saturated carbocycles. The molecule has 0 aliphatic carbocycles. The maximum atomic E-state index is 14.2. The number of morpholine rings is 1. The first-order chi connectivity index (χ1) is 22.0. The topological polar surface area (TPSA) is 130 Å². The van der Waals surface area contributed by atoms with Gasteiger partial charge in [0.05, 0.1) is 25.3 Å². The first kappa shape index (κ1) is 30.3. The first-order valence-electron chi connectivity index (χ1n) is 15.0. The lowest BCUT2D eigenvalue weighted by atomic mass is 10.0. The first-order valence-corrected chi connectivity index (χ1v) is 15.0. The van der Waals surface area contributed by atoms with Crippen LogP contribution in [0.2, 0.25) is 0 Å². The monoisotopic (exact) mass is 616 g/mol. The van der Waals surface area contributed by atoms with E-state index in [9.17, 15) is 14.0 Å². The van der Waals surface area contributed by atoms with Gasteiger partial charge in [-0.3, -0.25) is 4.90 Å². The predicted molar refractivity (Wildman–Crippen MR) is 162 cm³/mol. The van der Waals surface area contributed by atoms with E-state index < -0.39 is 6.43 Å². The second kappa shape index (κ2) is 13.9. The number of nitrogens with one attached hydrogen (secondary N) is 1. The summed E-state index contributed by atoms with van der Waals surface area (Å²) in [6, 6.07) is 13.0. The van der Waals surface area contributed by atoms with Crippen LogP contribution in [0, 0.1) is 11.3 Å². The van der Waals surface area contributed by atoms with Gasteiger partial charge in [0.15, 0.2) is 0 Å². The zero-order chi connectivity index (χ0) is 31.2. The molecule has 0 spiro atoms. The van der Waals surface area contributed by atoms with Crippen molar-refractivity contribution in [3.8, 4) is 22.9 Å². The van der Waals surface area contributed by atoms with Crippen molar-refractivity contribution in [2.45, 2.75) is 44.9 Å². The van der Waals surface area contributed by atoms with Crippen molar-refractivity contribution in [2.24, 2.45) is 0 Å². The van der Waals surface area contributed by atoms with Crippen LogP contribution in [-0.4, -0.2) is 86.6 Å². The Labute approximate surface area is 259 Å². The molecule has 6 rings (SSSR count). The average molecular weight is 617 g/mol. The summed E-state index contributed by atoms with van der Waals surface area (Å²) in [5.74, 6) is 0.602. The van der Waals surface area contributed by atoms with Gasteiger partial charge in [-0.15, -0.1) is 5.10 Å². The third-order valence-corrected chi connectivity index (χ3v) is 8.16. The molecule has 2 aromatic heterocycles. The molecule has 2 fully saturated rings. The maximum Gasteiger partial charge on any atom is 0.265 e. The number of alkyl halides is 2. The van der Waals surface area contributed by atoms with Crippen LogP contribution >= 0.6 is 0 Å². The normalized spacial score (nSPS) is 16.8. The second-order valence-corrected chi connectivity index (χ2v) is 11.1. The van der Waals surface area contributed by atoms with E-state index in [0.29, 0.717) is 29.5 Å². The Morgan fingerprint density at radius 2 is 1.82 bits per heavy atom. The molecule has 0 amide bonds. The minimum absolute atomic E-state index is 0.0971. The van der Waals surface area contributed by atoms with Crippen LogP contribution in [-0.2, 0) is 11.3 Å². The molecule has 12 nitrogen and oxygen atoms in total. The van der Waals surface area contributed by atoms with Crippen molar-refractivity contribution in [3.63, 3.8) is 0 Å². The number of hydrogen-bond acceptors (Lipinski definition) is 11. The molecule has 0 unspecified atom stereocenters. The van der Waals surface area contributed by atoms with Gasteiger partial charge in [-0.05, 0) is 66.1 Å². The number of tetrazole rings is 1. The number of nitrogens with zero attached hydrogens (tertiary/aromatic N) is 9. The highest BCUT2D eigenvalue weighted by Crippen LogP contribution is 2.34. The lowest BCUT2D eigenvalue weighted by molar-refractivity contribution is 0.0115. The largest absolute Gasteiger partial charge is 0.487 e. The number of nitriles is 1. The third-order valence-electron chi connectivity index (χ3n) is 8.16. The SMILES string of the molecule is C[C@@H](Cn1cnnn1)Oc1cc(-c2cnc(Nc3ccc(N4CCC(N5CCOCC5)CC4)cc3C(F)F)nc2)ccc1C#N. The summed E-state index contributed by atoms with van der Waals surface area (Å²) in [6.07, 6.45) is 3.70. The quantitative estimate of drug-likeness (QED) is 0.271. The molecule has 4 aromatic rings. The van der Waals surface area contributed by atoms with Gasteiger partial charge in [0.25, 0.3) is 6.43 Å². The number of rotatable bonds is 10. The van der Waals surface area contributed by atoms with Crippen molar-refractivity contribution >= 4 is 17.3 Å². The Morgan fingerprint density at radius 1 is 1.04 bits per heavy atom. The summed E-state index contributed by atoms with van der Waals surface area (Å²) in [5, 5.41) is 23.6. The molecule has 1 N–H and O–H groups in total. The number of piperidine rings is 1. The minimum atomic E-state index is -2.67. The third kappa shape index (κ3) is 7.33. The van der Waals surface area contributed by atoms with Gasteiger partial charge in [0, 0.05) is 67.1 Å². The van der Waals surface area contributed by atoms with Crippen LogP contribution in [0.25, 0.3) is 11.1 Å². The predicted octanol–water partition coefficient (Wildman–Crippen LogP) is 4.45. The summed E-state index contributed by atoms with van der Waals surface area (Å²) < 4.78 is 41.4. The molecule has 2 aliphatic rings. The fourth-order valence-corrected chi connectivity index (χ4v) is 5.81. The Bertz CT molecular complexity index is 1600. The van der Waals surface area contributed by atoms with Crippen LogP contribution in [0.3, 0.4) is 0 Å².